The van der Waals surface area contributed by atoms with Gasteiger partial charge in [0.25, 0.3) is 11.8 Å². The predicted molar refractivity (Wildman–Crippen MR) is 110 cm³/mol. The molecule has 0 heterocycles. The molecule has 29 heavy (non-hydrogen) atoms. The molecule has 0 aromatic heterocycles. The fourth-order valence-corrected chi connectivity index (χ4v) is 2.79. The molecule has 0 aliphatic rings. The van der Waals surface area contributed by atoms with Crippen molar-refractivity contribution in [3.63, 3.8) is 0 Å². The number of ether oxygens (including phenoxy) is 1. The fourth-order valence-electron chi connectivity index (χ4n) is 2.79. The quantitative estimate of drug-likeness (QED) is 0.637. The molecule has 148 valence electrons. The van der Waals surface area contributed by atoms with Crippen LogP contribution in [0.5, 0.6) is 5.75 Å². The van der Waals surface area contributed by atoms with Gasteiger partial charge in [-0.15, -0.1) is 0 Å². The highest BCUT2D eigenvalue weighted by atomic mass is 19.1. The van der Waals surface area contributed by atoms with Gasteiger partial charge in [0.2, 0.25) is 0 Å². The highest BCUT2D eigenvalue weighted by Crippen LogP contribution is 2.18. The summed E-state index contributed by atoms with van der Waals surface area (Å²) < 4.78 is 18.0. The zero-order chi connectivity index (χ0) is 20.6. The Hall–Kier alpha value is -3.67. The van der Waals surface area contributed by atoms with Crippen LogP contribution in [0.1, 0.15) is 26.3 Å². The highest BCUT2D eigenvalue weighted by Gasteiger charge is 2.14. The molecule has 0 radical (unpaired) electrons. The first kappa shape index (κ1) is 20.1. The van der Waals surface area contributed by atoms with Gasteiger partial charge in [0.05, 0.1) is 18.4 Å². The summed E-state index contributed by atoms with van der Waals surface area (Å²) in [7, 11) is 1.56. The van der Waals surface area contributed by atoms with Crippen LogP contribution in [0.15, 0.2) is 72.8 Å². The van der Waals surface area contributed by atoms with Gasteiger partial charge in [0, 0.05) is 12.1 Å². The summed E-state index contributed by atoms with van der Waals surface area (Å²) in [5.41, 5.74) is 2.17. The zero-order valence-electron chi connectivity index (χ0n) is 15.9. The Morgan fingerprint density at radius 3 is 2.28 bits per heavy atom. The molecular weight excluding hydrogens is 371 g/mol. The summed E-state index contributed by atoms with van der Waals surface area (Å²) in [6.07, 6.45) is 0.576. The molecule has 0 spiro atoms. The molecule has 6 heteroatoms. The van der Waals surface area contributed by atoms with E-state index in [1.807, 2.05) is 0 Å². The van der Waals surface area contributed by atoms with E-state index < -0.39 is 0 Å². The Morgan fingerprint density at radius 1 is 0.897 bits per heavy atom. The number of nitrogens with one attached hydrogen (secondary N) is 2. The molecule has 0 saturated carbocycles. The molecule has 2 amide bonds. The summed E-state index contributed by atoms with van der Waals surface area (Å²) in [6.45, 7) is 0.394. The second-order valence-corrected chi connectivity index (χ2v) is 6.36. The van der Waals surface area contributed by atoms with Crippen molar-refractivity contribution in [2.24, 2.45) is 0 Å². The smallest absolute Gasteiger partial charge is 0.255 e. The summed E-state index contributed by atoms with van der Waals surface area (Å²) >= 11 is 0. The zero-order valence-corrected chi connectivity index (χ0v) is 15.9. The molecule has 2 N–H and O–H groups in total. The molecule has 5 nitrogen and oxygen atoms in total. The Kier molecular flexibility index (Phi) is 6.58. The fraction of sp³-hybridized carbons (Fsp3) is 0.130. The number of hydrogen-bond acceptors (Lipinski definition) is 3. The van der Waals surface area contributed by atoms with Gasteiger partial charge in [-0.3, -0.25) is 9.59 Å². The van der Waals surface area contributed by atoms with E-state index in [1.165, 1.54) is 12.1 Å². The predicted octanol–water partition coefficient (Wildman–Crippen LogP) is 4.06. The van der Waals surface area contributed by atoms with Crippen LogP contribution in [0.2, 0.25) is 0 Å². The average Bonchev–Trinajstić information content (AvgIpc) is 2.75. The van der Waals surface area contributed by atoms with E-state index in [1.54, 1.807) is 67.8 Å². The van der Waals surface area contributed by atoms with E-state index in [0.717, 1.165) is 5.56 Å². The molecule has 0 fully saturated rings. The standard InChI is InChI=1S/C23H21FN2O3/c1-29-19-12-8-17(9-13-19)22(27)26-21-5-3-2-4-20(21)23(28)25-15-14-16-6-10-18(24)11-7-16/h2-13H,14-15H2,1H3,(H,25,28)(H,26,27). The van der Waals surface area contributed by atoms with Crippen LogP contribution in [0.25, 0.3) is 0 Å². The van der Waals surface area contributed by atoms with E-state index in [2.05, 4.69) is 10.6 Å². The van der Waals surface area contributed by atoms with Gasteiger partial charge < -0.3 is 15.4 Å². The summed E-state index contributed by atoms with van der Waals surface area (Å²) in [4.78, 5) is 25.1. The molecule has 0 aliphatic carbocycles. The largest absolute Gasteiger partial charge is 0.497 e. The SMILES string of the molecule is COc1ccc(C(=O)Nc2ccccc2C(=O)NCCc2ccc(F)cc2)cc1. The average molecular weight is 392 g/mol. The first-order valence-corrected chi connectivity index (χ1v) is 9.14. The van der Waals surface area contributed by atoms with Gasteiger partial charge in [-0.05, 0) is 60.5 Å². The molecule has 0 bridgehead atoms. The van der Waals surface area contributed by atoms with Crippen molar-refractivity contribution < 1.29 is 18.7 Å². The molecule has 0 unspecified atom stereocenters. The normalized spacial score (nSPS) is 10.3. The van der Waals surface area contributed by atoms with E-state index >= 15 is 0 Å². The highest BCUT2D eigenvalue weighted by molar-refractivity contribution is 6.09. The van der Waals surface area contributed by atoms with Crippen LogP contribution in [0.4, 0.5) is 10.1 Å². The van der Waals surface area contributed by atoms with Gasteiger partial charge in [-0.2, -0.15) is 0 Å². The van der Waals surface area contributed by atoms with Crippen LogP contribution < -0.4 is 15.4 Å². The minimum atomic E-state index is -0.320. The number of hydrogen-bond donors (Lipinski definition) is 2. The van der Waals surface area contributed by atoms with Crippen LogP contribution in [0, 0.1) is 5.82 Å². The first-order valence-electron chi connectivity index (χ1n) is 9.14. The minimum Gasteiger partial charge on any atom is -0.497 e. The molecule has 3 aromatic carbocycles. The van der Waals surface area contributed by atoms with E-state index in [0.29, 0.717) is 35.5 Å². The van der Waals surface area contributed by atoms with Crippen molar-refractivity contribution in [3.05, 3.63) is 95.3 Å². The Labute approximate surface area is 168 Å². The lowest BCUT2D eigenvalue weighted by Crippen LogP contribution is -2.27. The van der Waals surface area contributed by atoms with Crippen molar-refractivity contribution >= 4 is 17.5 Å². The van der Waals surface area contributed by atoms with Crippen LogP contribution >= 0.6 is 0 Å². The van der Waals surface area contributed by atoms with Gasteiger partial charge in [0.15, 0.2) is 0 Å². The lowest BCUT2D eigenvalue weighted by atomic mass is 10.1. The minimum absolute atomic E-state index is 0.292. The number of methoxy groups -OCH3 is 1. The molecule has 0 atom stereocenters. The van der Waals surface area contributed by atoms with E-state index in [-0.39, 0.29) is 17.6 Å². The van der Waals surface area contributed by atoms with Gasteiger partial charge >= 0.3 is 0 Å². The third-order valence-electron chi connectivity index (χ3n) is 4.38. The van der Waals surface area contributed by atoms with Gasteiger partial charge in [-0.25, -0.2) is 4.39 Å². The second kappa shape index (κ2) is 9.50. The van der Waals surface area contributed by atoms with E-state index in [9.17, 15) is 14.0 Å². The molecular formula is C23H21FN2O3. The Balaban J connectivity index is 1.63. The van der Waals surface area contributed by atoms with Gasteiger partial charge in [0.1, 0.15) is 11.6 Å². The van der Waals surface area contributed by atoms with Crippen molar-refractivity contribution in [3.8, 4) is 5.75 Å². The van der Waals surface area contributed by atoms with E-state index in [4.69, 9.17) is 4.74 Å². The number of anilines is 1. The van der Waals surface area contributed by atoms with Crippen molar-refractivity contribution in [2.45, 2.75) is 6.42 Å². The maximum absolute atomic E-state index is 13.0. The summed E-state index contributed by atoms with van der Waals surface area (Å²) in [5.74, 6) is -0.251. The Bertz CT molecular complexity index is 986. The monoisotopic (exact) mass is 392 g/mol. The van der Waals surface area contributed by atoms with Crippen LogP contribution in [-0.2, 0) is 6.42 Å². The number of carbonyl (C=O) groups is 2. The van der Waals surface area contributed by atoms with Crippen LogP contribution in [0.3, 0.4) is 0 Å². The topological polar surface area (TPSA) is 67.4 Å². The number of halogens is 1. The lowest BCUT2D eigenvalue weighted by Gasteiger charge is -2.12. The molecule has 3 aromatic rings. The van der Waals surface area contributed by atoms with Crippen LogP contribution in [-0.4, -0.2) is 25.5 Å². The number of carbonyl (C=O) groups excluding carboxylic acids is 2. The number of para-hydroxylation sites is 1. The van der Waals surface area contributed by atoms with Crippen molar-refractivity contribution in [1.82, 2.24) is 5.32 Å². The van der Waals surface area contributed by atoms with Gasteiger partial charge in [-0.1, -0.05) is 24.3 Å². The lowest BCUT2D eigenvalue weighted by molar-refractivity contribution is 0.0955. The molecule has 3 rings (SSSR count). The van der Waals surface area contributed by atoms with Crippen molar-refractivity contribution in [1.29, 1.82) is 0 Å². The summed E-state index contributed by atoms with van der Waals surface area (Å²) in [6, 6.07) is 19.7. The molecule has 0 saturated heterocycles. The second-order valence-electron chi connectivity index (χ2n) is 6.36. The maximum Gasteiger partial charge on any atom is 0.255 e. The number of rotatable bonds is 7. The Morgan fingerprint density at radius 2 is 1.59 bits per heavy atom. The van der Waals surface area contributed by atoms with Crippen molar-refractivity contribution in [2.75, 3.05) is 19.0 Å². The number of benzene rings is 3. The number of amides is 2. The molecule has 0 aliphatic heterocycles. The maximum atomic E-state index is 13.0. The first-order chi connectivity index (χ1) is 14.1. The third-order valence-corrected chi connectivity index (χ3v) is 4.38. The summed E-state index contributed by atoms with van der Waals surface area (Å²) in [5, 5.41) is 5.61. The third kappa shape index (κ3) is 5.42.